The van der Waals surface area contributed by atoms with Crippen molar-refractivity contribution in [2.45, 2.75) is 12.7 Å². The van der Waals surface area contributed by atoms with E-state index in [2.05, 4.69) is 0 Å². The molecule has 1 unspecified atom stereocenters. The van der Waals surface area contributed by atoms with Gasteiger partial charge in [-0.1, -0.05) is 0 Å². The first-order valence-electron chi connectivity index (χ1n) is 5.13. The van der Waals surface area contributed by atoms with E-state index in [1.54, 1.807) is 12.1 Å². The number of benzene rings is 1. The van der Waals surface area contributed by atoms with Crippen molar-refractivity contribution >= 4 is 11.0 Å². The van der Waals surface area contributed by atoms with Gasteiger partial charge in [-0.15, -0.1) is 0 Å². The highest BCUT2D eigenvalue weighted by Gasteiger charge is 2.19. The minimum atomic E-state index is -0.357. The van der Waals surface area contributed by atoms with Crippen molar-refractivity contribution in [1.82, 2.24) is 0 Å². The number of rotatable bonds is 2. The second kappa shape index (κ2) is 3.64. The van der Waals surface area contributed by atoms with Gasteiger partial charge in [0.1, 0.15) is 11.3 Å². The van der Waals surface area contributed by atoms with E-state index in [1.807, 2.05) is 12.1 Å². The standard InChI is InChI=1S/C12H10O4/c13-11-4-2-8-1-3-9(7-10(8)16-11)15-12-5-6-14-12/h1-4,7,12H,5-6H2. The van der Waals surface area contributed by atoms with Crippen molar-refractivity contribution in [2.24, 2.45) is 0 Å². The van der Waals surface area contributed by atoms with Gasteiger partial charge in [0.15, 0.2) is 0 Å². The molecular weight excluding hydrogens is 208 g/mol. The molecule has 0 saturated carbocycles. The minimum Gasteiger partial charge on any atom is -0.465 e. The fourth-order valence-corrected chi connectivity index (χ4v) is 1.57. The molecule has 2 heterocycles. The van der Waals surface area contributed by atoms with Gasteiger partial charge < -0.3 is 13.9 Å². The van der Waals surface area contributed by atoms with Gasteiger partial charge in [-0.3, -0.25) is 0 Å². The average molecular weight is 218 g/mol. The molecule has 1 aliphatic rings. The first kappa shape index (κ1) is 9.42. The monoisotopic (exact) mass is 218 g/mol. The maximum Gasteiger partial charge on any atom is 0.336 e. The highest BCUT2D eigenvalue weighted by Crippen LogP contribution is 2.23. The molecule has 1 aromatic heterocycles. The Morgan fingerprint density at radius 3 is 2.81 bits per heavy atom. The van der Waals surface area contributed by atoms with Crippen LogP contribution in [0.1, 0.15) is 6.42 Å². The maximum absolute atomic E-state index is 11.1. The van der Waals surface area contributed by atoms with Gasteiger partial charge in [0, 0.05) is 23.9 Å². The van der Waals surface area contributed by atoms with Crippen LogP contribution in [0.4, 0.5) is 0 Å². The molecule has 1 atom stereocenters. The lowest BCUT2D eigenvalue weighted by molar-refractivity contribution is -0.165. The van der Waals surface area contributed by atoms with E-state index in [1.165, 1.54) is 6.07 Å². The van der Waals surface area contributed by atoms with E-state index < -0.39 is 0 Å². The summed E-state index contributed by atoms with van der Waals surface area (Å²) in [4.78, 5) is 11.1. The van der Waals surface area contributed by atoms with Gasteiger partial charge in [-0.25, -0.2) is 4.79 Å². The molecule has 0 amide bonds. The molecule has 4 heteroatoms. The predicted octanol–water partition coefficient (Wildman–Crippen LogP) is 1.92. The van der Waals surface area contributed by atoms with E-state index in [4.69, 9.17) is 13.9 Å². The van der Waals surface area contributed by atoms with Crippen molar-refractivity contribution in [2.75, 3.05) is 6.61 Å². The number of hydrogen-bond donors (Lipinski definition) is 0. The first-order chi connectivity index (χ1) is 7.81. The zero-order valence-electron chi connectivity index (χ0n) is 8.51. The molecule has 0 bridgehead atoms. The Morgan fingerprint density at radius 1 is 1.25 bits per heavy atom. The second-order valence-corrected chi connectivity index (χ2v) is 3.66. The third-order valence-corrected chi connectivity index (χ3v) is 2.52. The molecule has 1 aromatic carbocycles. The Labute approximate surface area is 91.4 Å². The Bertz CT molecular complexity index is 568. The molecule has 0 aliphatic carbocycles. The summed E-state index contributed by atoms with van der Waals surface area (Å²) in [7, 11) is 0. The molecule has 1 fully saturated rings. The summed E-state index contributed by atoms with van der Waals surface area (Å²) < 4.78 is 15.7. The quantitative estimate of drug-likeness (QED) is 0.722. The van der Waals surface area contributed by atoms with E-state index >= 15 is 0 Å². The van der Waals surface area contributed by atoms with E-state index in [-0.39, 0.29) is 11.9 Å². The fourth-order valence-electron chi connectivity index (χ4n) is 1.57. The summed E-state index contributed by atoms with van der Waals surface area (Å²) in [6.07, 6.45) is 0.740. The summed E-state index contributed by atoms with van der Waals surface area (Å²) in [6, 6.07) is 8.53. The third kappa shape index (κ3) is 1.67. The summed E-state index contributed by atoms with van der Waals surface area (Å²) in [6.45, 7) is 0.743. The van der Waals surface area contributed by atoms with Crippen molar-refractivity contribution in [3.05, 3.63) is 40.8 Å². The molecule has 1 aliphatic heterocycles. The first-order valence-corrected chi connectivity index (χ1v) is 5.13. The van der Waals surface area contributed by atoms with Crippen molar-refractivity contribution < 1.29 is 13.9 Å². The summed E-state index contributed by atoms with van der Waals surface area (Å²) >= 11 is 0. The molecule has 0 spiro atoms. The molecule has 2 aromatic rings. The molecular formula is C12H10O4. The van der Waals surface area contributed by atoms with E-state index in [0.29, 0.717) is 11.3 Å². The van der Waals surface area contributed by atoms with Crippen LogP contribution in [0.2, 0.25) is 0 Å². The molecule has 0 N–H and O–H groups in total. The summed E-state index contributed by atoms with van der Waals surface area (Å²) in [5.41, 5.74) is 0.175. The van der Waals surface area contributed by atoms with Crippen LogP contribution < -0.4 is 10.4 Å². The van der Waals surface area contributed by atoms with Gasteiger partial charge in [0.25, 0.3) is 0 Å². The molecule has 4 nitrogen and oxygen atoms in total. The lowest BCUT2D eigenvalue weighted by atomic mass is 10.2. The van der Waals surface area contributed by atoms with Gasteiger partial charge in [-0.05, 0) is 18.2 Å². The fraction of sp³-hybridized carbons (Fsp3) is 0.250. The number of hydrogen-bond acceptors (Lipinski definition) is 4. The second-order valence-electron chi connectivity index (χ2n) is 3.66. The highest BCUT2D eigenvalue weighted by atomic mass is 16.7. The van der Waals surface area contributed by atoms with Crippen LogP contribution in [0.15, 0.2) is 39.5 Å². The van der Waals surface area contributed by atoms with Crippen LogP contribution in [-0.4, -0.2) is 12.9 Å². The topological polar surface area (TPSA) is 48.7 Å². The van der Waals surface area contributed by atoms with E-state index in [9.17, 15) is 4.79 Å². The largest absolute Gasteiger partial charge is 0.465 e. The summed E-state index contributed by atoms with van der Waals surface area (Å²) in [5, 5.41) is 0.876. The Kier molecular flexibility index (Phi) is 2.15. The zero-order chi connectivity index (χ0) is 11.0. The molecule has 3 rings (SSSR count). The average Bonchev–Trinajstić information content (AvgIpc) is 2.23. The predicted molar refractivity (Wildman–Crippen MR) is 57.5 cm³/mol. The lowest BCUT2D eigenvalue weighted by Gasteiger charge is -2.26. The Balaban J connectivity index is 1.97. The normalized spacial score (nSPS) is 19.4. The minimum absolute atomic E-state index is 0.159. The molecule has 16 heavy (non-hydrogen) atoms. The van der Waals surface area contributed by atoms with Crippen LogP contribution in [0.3, 0.4) is 0 Å². The highest BCUT2D eigenvalue weighted by molar-refractivity contribution is 5.77. The maximum atomic E-state index is 11.1. The smallest absolute Gasteiger partial charge is 0.336 e. The van der Waals surface area contributed by atoms with Crippen LogP contribution in [0.25, 0.3) is 11.0 Å². The van der Waals surface area contributed by atoms with Gasteiger partial charge in [0.05, 0.1) is 6.61 Å². The lowest BCUT2D eigenvalue weighted by Crippen LogP contribution is -2.32. The van der Waals surface area contributed by atoms with Crippen molar-refractivity contribution in [3.63, 3.8) is 0 Å². The zero-order valence-corrected chi connectivity index (χ0v) is 8.51. The third-order valence-electron chi connectivity index (χ3n) is 2.52. The Hall–Kier alpha value is -1.81. The molecule has 1 saturated heterocycles. The summed E-state index contributed by atoms with van der Waals surface area (Å²) in [5.74, 6) is 0.659. The van der Waals surface area contributed by atoms with Crippen LogP contribution in [0, 0.1) is 0 Å². The van der Waals surface area contributed by atoms with Crippen LogP contribution in [-0.2, 0) is 4.74 Å². The van der Waals surface area contributed by atoms with Gasteiger partial charge >= 0.3 is 5.63 Å². The van der Waals surface area contributed by atoms with E-state index in [0.717, 1.165) is 18.4 Å². The number of ether oxygens (including phenoxy) is 2. The van der Waals surface area contributed by atoms with Crippen molar-refractivity contribution in [1.29, 1.82) is 0 Å². The van der Waals surface area contributed by atoms with Crippen molar-refractivity contribution in [3.8, 4) is 5.75 Å². The van der Waals surface area contributed by atoms with Crippen LogP contribution in [0.5, 0.6) is 5.75 Å². The molecule has 0 radical (unpaired) electrons. The van der Waals surface area contributed by atoms with Crippen LogP contribution >= 0.6 is 0 Å². The van der Waals surface area contributed by atoms with Gasteiger partial charge in [0.2, 0.25) is 6.29 Å². The Morgan fingerprint density at radius 2 is 2.06 bits per heavy atom. The SMILES string of the molecule is O=c1ccc2ccc(OC3CCO3)cc2o1. The molecule has 82 valence electrons. The van der Waals surface area contributed by atoms with Gasteiger partial charge in [-0.2, -0.15) is 0 Å². The number of fused-ring (bicyclic) bond motifs is 1.